The second-order valence-corrected chi connectivity index (χ2v) is 7.86. The molecule has 1 aliphatic rings. The molecule has 3 heterocycles. The molecular weight excluding hydrogens is 456 g/mol. The number of aromatic nitrogens is 1. The number of esters is 1. The molecule has 0 aliphatic carbocycles. The van der Waals surface area contributed by atoms with Crippen molar-refractivity contribution in [3.8, 4) is 23.8 Å². The van der Waals surface area contributed by atoms with Crippen molar-refractivity contribution in [2.45, 2.75) is 13.0 Å². The number of guanidine groups is 1. The maximum Gasteiger partial charge on any atom is 0.353 e. The fourth-order valence-corrected chi connectivity index (χ4v) is 4.01. The van der Waals surface area contributed by atoms with Crippen molar-refractivity contribution < 1.29 is 14.3 Å². The van der Waals surface area contributed by atoms with Gasteiger partial charge in [0, 0.05) is 5.56 Å². The fourth-order valence-electron chi connectivity index (χ4n) is 3.41. The minimum Gasteiger partial charge on any atom is -0.490 e. The molecule has 0 fully saturated rings. The van der Waals surface area contributed by atoms with E-state index in [-0.39, 0.29) is 34.6 Å². The summed E-state index contributed by atoms with van der Waals surface area (Å²) in [5.74, 6) is 0.391. The summed E-state index contributed by atoms with van der Waals surface area (Å²) >= 11 is 1.27. The van der Waals surface area contributed by atoms with Crippen LogP contribution in [-0.4, -0.2) is 23.5 Å². The van der Waals surface area contributed by atoms with Crippen LogP contribution in [0.1, 0.15) is 39.3 Å². The average Bonchev–Trinajstić information content (AvgIpc) is 3.35. The summed E-state index contributed by atoms with van der Waals surface area (Å²) in [7, 11) is 0. The number of hydrogen-bond donors (Lipinski definition) is 4. The summed E-state index contributed by atoms with van der Waals surface area (Å²) in [6, 6.07) is 9.57. The monoisotopic (exact) mass is 474 g/mol. The Morgan fingerprint density at radius 1 is 1.29 bits per heavy atom. The van der Waals surface area contributed by atoms with Gasteiger partial charge in [-0.15, -0.1) is 11.3 Å². The molecular formula is C22H18N8O3S. The Balaban J connectivity index is 1.80. The lowest BCUT2D eigenvalue weighted by Gasteiger charge is -2.26. The van der Waals surface area contributed by atoms with E-state index >= 15 is 0 Å². The molecule has 34 heavy (non-hydrogen) atoms. The van der Waals surface area contributed by atoms with Crippen molar-refractivity contribution in [3.63, 3.8) is 0 Å². The number of pyridine rings is 1. The molecule has 0 saturated heterocycles. The summed E-state index contributed by atoms with van der Waals surface area (Å²) < 4.78 is 11.3. The number of nitrogen functional groups attached to an aromatic ring is 2. The molecule has 0 spiro atoms. The fraction of sp³-hybridized carbons (Fsp3) is 0.136. The molecule has 0 bridgehead atoms. The minimum atomic E-state index is -0.756. The number of nitrogens with two attached hydrogens (primary N) is 2. The topological polar surface area (TPSA) is 184 Å². The van der Waals surface area contributed by atoms with Gasteiger partial charge in [-0.05, 0) is 36.1 Å². The number of rotatable bonds is 5. The first-order chi connectivity index (χ1) is 16.5. The molecule has 1 atom stereocenters. The third kappa shape index (κ3) is 4.13. The summed E-state index contributed by atoms with van der Waals surface area (Å²) in [6.07, 6.45) is 1.80. The van der Waals surface area contributed by atoms with Crippen LogP contribution in [0.4, 0.5) is 17.3 Å². The first kappa shape index (κ1) is 22.4. The number of carbonyl (C=O) groups excluding carboxylic acids is 1. The SMILES string of the molecule is CCOc1cc(C2N=C(NC#N)Nc3nc(N)c(C#N)c(N)c32)ccc1OC(=O)c1cccs1. The van der Waals surface area contributed by atoms with Crippen LogP contribution in [0.25, 0.3) is 0 Å². The van der Waals surface area contributed by atoms with Gasteiger partial charge in [0.15, 0.2) is 17.7 Å². The smallest absolute Gasteiger partial charge is 0.353 e. The van der Waals surface area contributed by atoms with Crippen molar-refractivity contribution in [2.24, 2.45) is 4.99 Å². The molecule has 1 aliphatic heterocycles. The zero-order valence-corrected chi connectivity index (χ0v) is 18.6. The Bertz CT molecular complexity index is 1370. The second-order valence-electron chi connectivity index (χ2n) is 6.91. The van der Waals surface area contributed by atoms with E-state index < -0.39 is 12.0 Å². The Hall–Kier alpha value is -4.81. The van der Waals surface area contributed by atoms with Gasteiger partial charge in [-0.2, -0.15) is 10.5 Å². The number of ether oxygens (including phenoxy) is 2. The number of anilines is 3. The summed E-state index contributed by atoms with van der Waals surface area (Å²) in [4.78, 5) is 21.6. The standard InChI is InChI=1S/C22H18N8O3S/c1-2-32-14-8-11(5-6-13(14)33-21(31)15-4-3-7-34-15)18-16-17(25)12(9-23)19(26)29-20(16)30-22(28-18)27-10-24/h3-8,18H,2H2,1H3,(H6,25,26,27,28,29,30). The molecule has 170 valence electrons. The Morgan fingerprint density at radius 3 is 2.79 bits per heavy atom. The third-order valence-corrected chi connectivity index (χ3v) is 5.72. The van der Waals surface area contributed by atoms with Gasteiger partial charge in [-0.3, -0.25) is 5.32 Å². The molecule has 12 heteroatoms. The van der Waals surface area contributed by atoms with Crippen molar-refractivity contribution in [2.75, 3.05) is 23.4 Å². The number of benzene rings is 1. The number of aliphatic imine (C=N–C) groups is 1. The highest BCUT2D eigenvalue weighted by Crippen LogP contribution is 2.42. The van der Waals surface area contributed by atoms with E-state index in [1.807, 2.05) is 6.07 Å². The molecule has 2 aromatic heterocycles. The number of carbonyl (C=O) groups is 1. The predicted octanol–water partition coefficient (Wildman–Crippen LogP) is 2.74. The Morgan fingerprint density at radius 2 is 2.12 bits per heavy atom. The van der Waals surface area contributed by atoms with Gasteiger partial charge < -0.3 is 26.3 Å². The summed E-state index contributed by atoms with van der Waals surface area (Å²) in [5, 5.41) is 25.6. The maximum atomic E-state index is 12.4. The molecule has 1 aromatic carbocycles. The molecule has 0 saturated carbocycles. The van der Waals surface area contributed by atoms with Gasteiger partial charge in [-0.25, -0.2) is 14.8 Å². The van der Waals surface area contributed by atoms with E-state index in [2.05, 4.69) is 20.6 Å². The number of fused-ring (bicyclic) bond motifs is 1. The van der Waals surface area contributed by atoms with Crippen molar-refractivity contribution >= 4 is 40.6 Å². The van der Waals surface area contributed by atoms with E-state index in [4.69, 9.17) is 26.2 Å². The zero-order valence-electron chi connectivity index (χ0n) is 17.8. The van der Waals surface area contributed by atoms with Gasteiger partial charge >= 0.3 is 5.97 Å². The summed E-state index contributed by atoms with van der Waals surface area (Å²) in [5.41, 5.74) is 13.3. The Kier molecular flexibility index (Phi) is 6.16. The van der Waals surface area contributed by atoms with Gasteiger partial charge in [0.1, 0.15) is 34.2 Å². The first-order valence-electron chi connectivity index (χ1n) is 9.98. The molecule has 0 radical (unpaired) electrons. The quantitative estimate of drug-likeness (QED) is 0.185. The number of hydrogen-bond acceptors (Lipinski definition) is 12. The predicted molar refractivity (Wildman–Crippen MR) is 126 cm³/mol. The van der Waals surface area contributed by atoms with E-state index in [0.29, 0.717) is 28.4 Å². The van der Waals surface area contributed by atoms with Crippen LogP contribution >= 0.6 is 11.3 Å². The Labute approximate surface area is 198 Å². The summed E-state index contributed by atoms with van der Waals surface area (Å²) in [6.45, 7) is 2.12. The van der Waals surface area contributed by atoms with Gasteiger partial charge in [0.2, 0.25) is 5.96 Å². The highest BCUT2D eigenvalue weighted by molar-refractivity contribution is 7.12. The van der Waals surface area contributed by atoms with E-state index in [0.717, 1.165) is 0 Å². The average molecular weight is 475 g/mol. The molecule has 11 nitrogen and oxygen atoms in total. The van der Waals surface area contributed by atoms with Crippen molar-refractivity contribution in [3.05, 3.63) is 57.3 Å². The van der Waals surface area contributed by atoms with E-state index in [1.54, 1.807) is 48.8 Å². The van der Waals surface area contributed by atoms with Crippen LogP contribution in [0, 0.1) is 22.8 Å². The molecule has 1 unspecified atom stereocenters. The van der Waals surface area contributed by atoms with Crippen LogP contribution in [0.5, 0.6) is 11.5 Å². The van der Waals surface area contributed by atoms with Crippen LogP contribution < -0.4 is 31.6 Å². The number of nitriles is 2. The van der Waals surface area contributed by atoms with Crippen LogP contribution in [-0.2, 0) is 0 Å². The van der Waals surface area contributed by atoms with E-state index in [9.17, 15) is 10.1 Å². The normalized spacial score (nSPS) is 14.0. The zero-order chi connectivity index (χ0) is 24.2. The molecule has 4 rings (SSSR count). The number of nitrogens with one attached hydrogen (secondary N) is 2. The highest BCUT2D eigenvalue weighted by atomic mass is 32.1. The van der Waals surface area contributed by atoms with Crippen molar-refractivity contribution in [1.29, 1.82) is 10.5 Å². The van der Waals surface area contributed by atoms with Gasteiger partial charge in [0.05, 0.1) is 12.3 Å². The van der Waals surface area contributed by atoms with Gasteiger partial charge in [0.25, 0.3) is 0 Å². The number of thiophene rings is 1. The lowest BCUT2D eigenvalue weighted by molar-refractivity contribution is 0.0733. The second kappa shape index (κ2) is 9.36. The van der Waals surface area contributed by atoms with E-state index in [1.165, 1.54) is 11.3 Å². The van der Waals surface area contributed by atoms with Crippen LogP contribution in [0.2, 0.25) is 0 Å². The molecule has 0 amide bonds. The molecule has 3 aromatic rings. The van der Waals surface area contributed by atoms with Crippen LogP contribution in [0.15, 0.2) is 40.7 Å². The lowest BCUT2D eigenvalue weighted by Crippen LogP contribution is -2.32. The first-order valence-corrected chi connectivity index (χ1v) is 10.9. The molecule has 6 N–H and O–H groups in total. The number of nitrogens with zero attached hydrogens (tertiary/aromatic N) is 4. The van der Waals surface area contributed by atoms with Gasteiger partial charge in [-0.1, -0.05) is 12.1 Å². The van der Waals surface area contributed by atoms with Crippen molar-refractivity contribution in [1.82, 2.24) is 10.3 Å². The lowest BCUT2D eigenvalue weighted by atomic mass is 9.95. The third-order valence-electron chi connectivity index (χ3n) is 4.87. The highest BCUT2D eigenvalue weighted by Gasteiger charge is 2.30. The maximum absolute atomic E-state index is 12.4. The minimum absolute atomic E-state index is 0.0315. The van der Waals surface area contributed by atoms with Crippen LogP contribution in [0.3, 0.4) is 0 Å². The largest absolute Gasteiger partial charge is 0.490 e.